The Balaban J connectivity index is 2.23. The minimum atomic E-state index is -0.434. The number of nitrogens with zero attached hydrogens (tertiary/aromatic N) is 1. The van der Waals surface area contributed by atoms with E-state index >= 15 is 0 Å². The first kappa shape index (κ1) is 19.7. The molecule has 0 aliphatic rings. The number of benzene rings is 2. The average Bonchev–Trinajstić information content (AvgIpc) is 2.92. The summed E-state index contributed by atoms with van der Waals surface area (Å²) in [7, 11) is 0. The molecule has 0 fully saturated rings. The molecule has 4 heteroatoms. The Hall–Kier alpha value is -3.01. The highest BCUT2D eigenvalue weighted by Gasteiger charge is 2.24. The molecular formula is C24H28N2O2. The van der Waals surface area contributed by atoms with Crippen molar-refractivity contribution in [2.24, 2.45) is 5.73 Å². The maximum Gasteiger partial charge on any atom is 0.251 e. The third kappa shape index (κ3) is 3.96. The molecule has 3 aromatic rings. The van der Waals surface area contributed by atoms with E-state index in [1.165, 1.54) is 11.1 Å². The van der Waals surface area contributed by atoms with Gasteiger partial charge in [-0.2, -0.15) is 0 Å². The highest BCUT2D eigenvalue weighted by Crippen LogP contribution is 2.35. The van der Waals surface area contributed by atoms with Crippen molar-refractivity contribution in [3.63, 3.8) is 0 Å². The fourth-order valence-electron chi connectivity index (χ4n) is 3.88. The number of nitrogens with two attached hydrogens (primary N) is 1. The Morgan fingerprint density at radius 1 is 1.11 bits per heavy atom. The Morgan fingerprint density at radius 3 is 2.50 bits per heavy atom. The number of phenols is 1. The first-order chi connectivity index (χ1) is 13.4. The quantitative estimate of drug-likeness (QED) is 0.611. The number of carbonyl (C=O) groups excluding carboxylic acids is 1. The van der Waals surface area contributed by atoms with E-state index in [0.29, 0.717) is 12.1 Å². The molecule has 2 aromatic carbocycles. The van der Waals surface area contributed by atoms with Crippen molar-refractivity contribution >= 4 is 5.91 Å². The number of hydrogen-bond acceptors (Lipinski definition) is 2. The van der Waals surface area contributed by atoms with Crippen LogP contribution in [0.2, 0.25) is 0 Å². The molecule has 28 heavy (non-hydrogen) atoms. The smallest absolute Gasteiger partial charge is 0.251 e. The first-order valence-corrected chi connectivity index (χ1v) is 9.79. The lowest BCUT2D eigenvalue weighted by Crippen LogP contribution is -2.13. The van der Waals surface area contributed by atoms with Crippen LogP contribution < -0.4 is 5.73 Å². The van der Waals surface area contributed by atoms with E-state index in [0.717, 1.165) is 41.8 Å². The van der Waals surface area contributed by atoms with Gasteiger partial charge < -0.3 is 15.4 Å². The van der Waals surface area contributed by atoms with Crippen LogP contribution in [-0.2, 0) is 13.0 Å². The molecule has 3 rings (SSSR count). The molecule has 146 valence electrons. The zero-order chi connectivity index (χ0) is 20.3. The van der Waals surface area contributed by atoms with Crippen molar-refractivity contribution in [3.8, 4) is 16.9 Å². The predicted octanol–water partition coefficient (Wildman–Crippen LogP) is 4.97. The van der Waals surface area contributed by atoms with Crippen LogP contribution in [0.4, 0.5) is 0 Å². The zero-order valence-corrected chi connectivity index (χ0v) is 16.8. The van der Waals surface area contributed by atoms with Gasteiger partial charge in [0.05, 0.1) is 5.56 Å². The summed E-state index contributed by atoms with van der Waals surface area (Å²) in [5, 5.41) is 9.99. The minimum Gasteiger partial charge on any atom is -0.508 e. The van der Waals surface area contributed by atoms with E-state index < -0.39 is 5.91 Å². The highest BCUT2D eigenvalue weighted by atomic mass is 16.3. The maximum atomic E-state index is 12.4. The number of aromatic hydroxyl groups is 1. The lowest BCUT2D eigenvalue weighted by Gasteiger charge is -2.14. The summed E-state index contributed by atoms with van der Waals surface area (Å²) < 4.78 is 2.21. The lowest BCUT2D eigenvalue weighted by atomic mass is 9.97. The summed E-state index contributed by atoms with van der Waals surface area (Å²) in [5.41, 5.74) is 12.4. The van der Waals surface area contributed by atoms with Gasteiger partial charge in [0, 0.05) is 23.5 Å². The fourth-order valence-corrected chi connectivity index (χ4v) is 3.88. The molecule has 3 N–H and O–H groups in total. The van der Waals surface area contributed by atoms with E-state index in [-0.39, 0.29) is 5.75 Å². The van der Waals surface area contributed by atoms with Crippen molar-refractivity contribution in [2.45, 2.75) is 46.6 Å². The summed E-state index contributed by atoms with van der Waals surface area (Å²) in [5.74, 6) is -0.255. The number of aromatic nitrogens is 1. The molecule has 0 unspecified atom stereocenters. The van der Waals surface area contributed by atoms with Gasteiger partial charge in [-0.05, 0) is 49.9 Å². The molecule has 1 heterocycles. The number of unbranched alkanes of at least 4 members (excludes halogenated alkanes) is 1. The van der Waals surface area contributed by atoms with Gasteiger partial charge in [0.1, 0.15) is 5.75 Å². The number of amides is 1. The van der Waals surface area contributed by atoms with E-state index in [9.17, 15) is 9.90 Å². The molecule has 0 aliphatic heterocycles. The predicted molar refractivity (Wildman–Crippen MR) is 114 cm³/mol. The topological polar surface area (TPSA) is 68.2 Å². The van der Waals surface area contributed by atoms with E-state index in [4.69, 9.17) is 5.73 Å². The van der Waals surface area contributed by atoms with Gasteiger partial charge in [-0.3, -0.25) is 4.79 Å². The van der Waals surface area contributed by atoms with Crippen molar-refractivity contribution in [1.29, 1.82) is 0 Å². The Labute approximate surface area is 166 Å². The normalized spacial score (nSPS) is 11.0. The SMILES string of the molecule is CCCCc1c(-c2cccc(O)c2)c(C(N)=O)c(C)n1Cc1cccc(C)c1. The Kier molecular flexibility index (Phi) is 5.88. The fraction of sp³-hybridized carbons (Fsp3) is 0.292. The summed E-state index contributed by atoms with van der Waals surface area (Å²) in [6, 6.07) is 15.5. The van der Waals surface area contributed by atoms with Crippen LogP contribution in [0, 0.1) is 13.8 Å². The summed E-state index contributed by atoms with van der Waals surface area (Å²) >= 11 is 0. The molecule has 1 aromatic heterocycles. The Morgan fingerprint density at radius 2 is 1.86 bits per heavy atom. The van der Waals surface area contributed by atoms with Crippen molar-refractivity contribution in [1.82, 2.24) is 4.57 Å². The van der Waals surface area contributed by atoms with Gasteiger partial charge in [-0.15, -0.1) is 0 Å². The molecule has 4 nitrogen and oxygen atoms in total. The summed E-state index contributed by atoms with van der Waals surface area (Å²) in [6.07, 6.45) is 2.92. The van der Waals surface area contributed by atoms with Crippen LogP contribution in [0.15, 0.2) is 48.5 Å². The van der Waals surface area contributed by atoms with Crippen molar-refractivity contribution < 1.29 is 9.90 Å². The third-order valence-electron chi connectivity index (χ3n) is 5.20. The molecule has 0 aliphatic carbocycles. The lowest BCUT2D eigenvalue weighted by molar-refractivity contribution is 0.1000. The Bertz CT molecular complexity index is 1000. The second-order valence-electron chi connectivity index (χ2n) is 7.38. The summed E-state index contributed by atoms with van der Waals surface area (Å²) in [6.45, 7) is 6.88. The molecule has 0 radical (unpaired) electrons. The van der Waals surface area contributed by atoms with Crippen LogP contribution in [0.5, 0.6) is 5.75 Å². The summed E-state index contributed by atoms with van der Waals surface area (Å²) in [4.78, 5) is 12.4. The number of carbonyl (C=O) groups is 1. The standard InChI is InChI=1S/C24H28N2O2/c1-4-5-12-21-23(19-10-7-11-20(27)14-19)22(24(25)28)17(3)26(21)15-18-9-6-8-16(2)13-18/h6-11,13-14,27H,4-5,12,15H2,1-3H3,(H2,25,28). The van der Waals surface area contributed by atoms with E-state index in [2.05, 4.69) is 42.7 Å². The molecular weight excluding hydrogens is 348 g/mol. The van der Waals surface area contributed by atoms with Crippen molar-refractivity contribution in [2.75, 3.05) is 0 Å². The largest absolute Gasteiger partial charge is 0.508 e. The van der Waals surface area contributed by atoms with Crippen molar-refractivity contribution in [3.05, 3.63) is 76.6 Å². The van der Waals surface area contributed by atoms with Crippen LogP contribution >= 0.6 is 0 Å². The van der Waals surface area contributed by atoms with Crippen LogP contribution in [0.1, 0.15) is 52.6 Å². The van der Waals surface area contributed by atoms with Gasteiger partial charge in [0.15, 0.2) is 0 Å². The third-order valence-corrected chi connectivity index (χ3v) is 5.20. The number of phenolic OH excluding ortho intramolecular Hbond substituents is 1. The molecule has 0 spiro atoms. The molecule has 1 amide bonds. The highest BCUT2D eigenvalue weighted by molar-refractivity contribution is 6.02. The number of rotatable bonds is 7. The van der Waals surface area contributed by atoms with Crippen LogP contribution in [0.3, 0.4) is 0 Å². The van der Waals surface area contributed by atoms with Gasteiger partial charge in [0.2, 0.25) is 0 Å². The second kappa shape index (κ2) is 8.34. The van der Waals surface area contributed by atoms with Gasteiger partial charge in [0.25, 0.3) is 5.91 Å². The zero-order valence-electron chi connectivity index (χ0n) is 16.8. The number of aryl methyl sites for hydroxylation is 1. The first-order valence-electron chi connectivity index (χ1n) is 9.79. The molecule has 0 atom stereocenters. The average molecular weight is 377 g/mol. The van der Waals surface area contributed by atoms with Crippen LogP contribution in [-0.4, -0.2) is 15.6 Å². The molecule has 0 saturated heterocycles. The van der Waals surface area contributed by atoms with E-state index in [1.54, 1.807) is 18.2 Å². The minimum absolute atomic E-state index is 0.179. The van der Waals surface area contributed by atoms with Gasteiger partial charge >= 0.3 is 0 Å². The number of hydrogen-bond donors (Lipinski definition) is 2. The molecule has 0 bridgehead atoms. The number of primary amides is 1. The van der Waals surface area contributed by atoms with Gasteiger partial charge in [-0.1, -0.05) is 55.3 Å². The molecule has 0 saturated carbocycles. The second-order valence-corrected chi connectivity index (χ2v) is 7.38. The van der Waals surface area contributed by atoms with Crippen LogP contribution in [0.25, 0.3) is 11.1 Å². The maximum absolute atomic E-state index is 12.4. The monoisotopic (exact) mass is 376 g/mol. The van der Waals surface area contributed by atoms with Gasteiger partial charge in [-0.25, -0.2) is 0 Å². The van der Waals surface area contributed by atoms with E-state index in [1.807, 2.05) is 13.0 Å².